The molecule has 1 aliphatic rings. The van der Waals surface area contributed by atoms with Gasteiger partial charge >= 0.3 is 5.97 Å². The summed E-state index contributed by atoms with van der Waals surface area (Å²) in [5, 5.41) is 8.98. The van der Waals surface area contributed by atoms with Gasteiger partial charge in [-0.2, -0.15) is 0 Å². The lowest BCUT2D eigenvalue weighted by molar-refractivity contribution is -0.130. The number of carboxylic acid groups (broad SMARTS) is 1. The van der Waals surface area contributed by atoms with Crippen LogP contribution in [0.5, 0.6) is 0 Å². The molecule has 0 radical (unpaired) electrons. The lowest BCUT2D eigenvalue weighted by atomic mass is 10.3. The van der Waals surface area contributed by atoms with E-state index in [0.717, 1.165) is 17.4 Å². The van der Waals surface area contributed by atoms with E-state index < -0.39 is 11.5 Å². The molecule has 1 aromatic heterocycles. The summed E-state index contributed by atoms with van der Waals surface area (Å²) in [6.45, 7) is 1.16. The first kappa shape index (κ1) is 12.3. The second-order valence-corrected chi connectivity index (χ2v) is 4.23. The maximum absolute atomic E-state index is 11.9. The van der Waals surface area contributed by atoms with Crippen LogP contribution in [0.25, 0.3) is 0 Å². The van der Waals surface area contributed by atoms with Gasteiger partial charge in [-0.05, 0) is 18.9 Å². The topological polar surface area (TPSA) is 79.6 Å². The minimum Gasteiger partial charge on any atom is -0.477 e. The molecule has 0 saturated carbocycles. The summed E-state index contributed by atoms with van der Waals surface area (Å²) in [7, 11) is 0. The molecule has 18 heavy (non-hydrogen) atoms. The Morgan fingerprint density at radius 2 is 1.89 bits per heavy atom. The maximum atomic E-state index is 11.9. The number of pyridine rings is 1. The lowest BCUT2D eigenvalue weighted by Gasteiger charge is -2.16. The Labute approximate surface area is 103 Å². The van der Waals surface area contributed by atoms with E-state index in [2.05, 4.69) is 0 Å². The zero-order valence-electron chi connectivity index (χ0n) is 9.83. The van der Waals surface area contributed by atoms with Crippen molar-refractivity contribution in [3.8, 4) is 0 Å². The second-order valence-electron chi connectivity index (χ2n) is 4.23. The number of hydrogen-bond donors (Lipinski definition) is 1. The standard InChI is InChI=1S/C12H14N2O4/c15-10-5-3-4-9(12(17)18)14(10)8-11(16)13-6-1-2-7-13/h3-5H,1-2,6-8H2,(H,17,18). The number of carbonyl (C=O) groups is 2. The van der Waals surface area contributed by atoms with Gasteiger partial charge in [-0.1, -0.05) is 6.07 Å². The van der Waals surface area contributed by atoms with Gasteiger partial charge in [0.15, 0.2) is 0 Å². The zero-order valence-corrected chi connectivity index (χ0v) is 9.83. The SMILES string of the molecule is O=C(O)c1cccc(=O)n1CC(=O)N1CCCC1. The van der Waals surface area contributed by atoms with Gasteiger partial charge in [-0.3, -0.25) is 14.2 Å². The van der Waals surface area contributed by atoms with Crippen LogP contribution in [0, 0.1) is 0 Å². The van der Waals surface area contributed by atoms with Crippen molar-refractivity contribution in [3.05, 3.63) is 34.2 Å². The third-order valence-electron chi connectivity index (χ3n) is 3.02. The Morgan fingerprint density at radius 1 is 1.22 bits per heavy atom. The minimum absolute atomic E-state index is 0.157. The molecule has 0 bridgehead atoms. The molecule has 0 unspecified atom stereocenters. The Morgan fingerprint density at radius 3 is 2.50 bits per heavy atom. The largest absolute Gasteiger partial charge is 0.477 e. The highest BCUT2D eigenvalue weighted by atomic mass is 16.4. The molecular weight excluding hydrogens is 236 g/mol. The predicted octanol–water partition coefficient (Wildman–Crippen LogP) is 0.169. The molecular formula is C12H14N2O4. The van der Waals surface area contributed by atoms with E-state index in [-0.39, 0.29) is 18.1 Å². The van der Waals surface area contributed by atoms with Crippen LogP contribution >= 0.6 is 0 Å². The van der Waals surface area contributed by atoms with Gasteiger partial charge in [0.2, 0.25) is 5.91 Å². The molecule has 6 heteroatoms. The van der Waals surface area contributed by atoms with Crippen LogP contribution in [-0.2, 0) is 11.3 Å². The molecule has 1 N–H and O–H groups in total. The molecule has 0 atom stereocenters. The van der Waals surface area contributed by atoms with Crippen LogP contribution < -0.4 is 5.56 Å². The van der Waals surface area contributed by atoms with Gasteiger partial charge in [0.1, 0.15) is 12.2 Å². The van der Waals surface area contributed by atoms with Crippen molar-refractivity contribution < 1.29 is 14.7 Å². The Bertz CT molecular complexity index is 529. The monoisotopic (exact) mass is 250 g/mol. The fourth-order valence-corrected chi connectivity index (χ4v) is 2.07. The van der Waals surface area contributed by atoms with Crippen LogP contribution in [0.1, 0.15) is 23.3 Å². The highest BCUT2D eigenvalue weighted by Gasteiger charge is 2.20. The number of nitrogens with zero attached hydrogens (tertiary/aromatic N) is 2. The summed E-state index contributed by atoms with van der Waals surface area (Å²) < 4.78 is 1.00. The van der Waals surface area contributed by atoms with E-state index in [0.29, 0.717) is 13.1 Å². The minimum atomic E-state index is -1.21. The van der Waals surface area contributed by atoms with Crippen molar-refractivity contribution in [2.75, 3.05) is 13.1 Å². The fourth-order valence-electron chi connectivity index (χ4n) is 2.07. The second kappa shape index (κ2) is 5.03. The van der Waals surface area contributed by atoms with Crippen molar-refractivity contribution >= 4 is 11.9 Å². The number of aromatic nitrogens is 1. The van der Waals surface area contributed by atoms with Crippen LogP contribution in [0.15, 0.2) is 23.0 Å². The number of rotatable bonds is 3. The summed E-state index contributed by atoms with van der Waals surface area (Å²) in [4.78, 5) is 36.2. The summed E-state index contributed by atoms with van der Waals surface area (Å²) in [6, 6.07) is 3.95. The van der Waals surface area contributed by atoms with E-state index in [4.69, 9.17) is 5.11 Å². The summed E-state index contributed by atoms with van der Waals surface area (Å²) in [6.07, 6.45) is 1.92. The molecule has 1 aromatic rings. The van der Waals surface area contributed by atoms with Gasteiger partial charge in [-0.15, -0.1) is 0 Å². The quantitative estimate of drug-likeness (QED) is 0.829. The van der Waals surface area contributed by atoms with E-state index in [9.17, 15) is 14.4 Å². The van der Waals surface area contributed by atoms with Crippen molar-refractivity contribution in [2.24, 2.45) is 0 Å². The number of amides is 1. The highest BCUT2D eigenvalue weighted by Crippen LogP contribution is 2.08. The molecule has 1 fully saturated rings. The molecule has 96 valence electrons. The summed E-state index contributed by atoms with van der Waals surface area (Å²) >= 11 is 0. The first-order chi connectivity index (χ1) is 8.59. The third kappa shape index (κ3) is 2.42. The number of carbonyl (C=O) groups excluding carboxylic acids is 1. The first-order valence-corrected chi connectivity index (χ1v) is 5.80. The van der Waals surface area contributed by atoms with Crippen LogP contribution in [0.2, 0.25) is 0 Å². The number of aromatic carboxylic acids is 1. The molecule has 0 aliphatic carbocycles. The molecule has 2 rings (SSSR count). The normalized spacial score (nSPS) is 14.8. The summed E-state index contributed by atoms with van der Waals surface area (Å²) in [5.74, 6) is -1.41. The van der Waals surface area contributed by atoms with E-state index in [1.165, 1.54) is 18.2 Å². The van der Waals surface area contributed by atoms with Gasteiger partial charge in [0.25, 0.3) is 5.56 Å². The molecule has 1 aliphatic heterocycles. The van der Waals surface area contributed by atoms with Gasteiger partial charge in [-0.25, -0.2) is 4.79 Å². The summed E-state index contributed by atoms with van der Waals surface area (Å²) in [5.41, 5.74) is -0.627. The van der Waals surface area contributed by atoms with Crippen LogP contribution in [0.3, 0.4) is 0 Å². The number of carboxylic acids is 1. The Hall–Kier alpha value is -2.11. The van der Waals surface area contributed by atoms with E-state index in [1.807, 2.05) is 0 Å². The van der Waals surface area contributed by atoms with Gasteiger partial charge in [0.05, 0.1) is 0 Å². The zero-order chi connectivity index (χ0) is 13.1. The maximum Gasteiger partial charge on any atom is 0.352 e. The fraction of sp³-hybridized carbons (Fsp3) is 0.417. The van der Waals surface area contributed by atoms with E-state index in [1.54, 1.807) is 4.90 Å². The van der Waals surface area contributed by atoms with Gasteiger partial charge in [0, 0.05) is 19.2 Å². The highest BCUT2D eigenvalue weighted by molar-refractivity contribution is 5.86. The molecule has 0 spiro atoms. The van der Waals surface area contributed by atoms with Crippen LogP contribution in [0.4, 0.5) is 0 Å². The Kier molecular flexibility index (Phi) is 3.45. The molecule has 0 aromatic carbocycles. The molecule has 1 saturated heterocycles. The van der Waals surface area contributed by atoms with E-state index >= 15 is 0 Å². The van der Waals surface area contributed by atoms with Crippen molar-refractivity contribution in [1.29, 1.82) is 0 Å². The van der Waals surface area contributed by atoms with Crippen molar-refractivity contribution in [1.82, 2.24) is 9.47 Å². The first-order valence-electron chi connectivity index (χ1n) is 5.80. The average Bonchev–Trinajstić information content (AvgIpc) is 2.85. The molecule has 1 amide bonds. The van der Waals surface area contributed by atoms with Crippen LogP contribution in [-0.4, -0.2) is 39.5 Å². The average molecular weight is 250 g/mol. The predicted molar refractivity (Wildman–Crippen MR) is 63.5 cm³/mol. The molecule has 2 heterocycles. The number of hydrogen-bond acceptors (Lipinski definition) is 3. The number of likely N-dealkylation sites (tertiary alicyclic amines) is 1. The lowest BCUT2D eigenvalue weighted by Crippen LogP contribution is -2.36. The van der Waals surface area contributed by atoms with Crippen molar-refractivity contribution in [2.45, 2.75) is 19.4 Å². The third-order valence-corrected chi connectivity index (χ3v) is 3.02. The molecule has 6 nitrogen and oxygen atoms in total. The smallest absolute Gasteiger partial charge is 0.352 e. The Balaban J connectivity index is 2.25. The van der Waals surface area contributed by atoms with Crippen molar-refractivity contribution in [3.63, 3.8) is 0 Å². The van der Waals surface area contributed by atoms with Gasteiger partial charge < -0.3 is 10.0 Å².